The molecule has 0 heterocycles. The van der Waals surface area contributed by atoms with Gasteiger partial charge in [0.15, 0.2) is 0 Å². The van der Waals surface area contributed by atoms with Gasteiger partial charge in [-0.25, -0.2) is 0 Å². The Morgan fingerprint density at radius 3 is 2.56 bits per heavy atom. The highest BCUT2D eigenvalue weighted by Gasteiger charge is 2.08. The van der Waals surface area contributed by atoms with Crippen molar-refractivity contribution in [1.29, 1.82) is 0 Å². The lowest BCUT2D eigenvalue weighted by Gasteiger charge is -2.18. The lowest BCUT2D eigenvalue weighted by atomic mass is 9.98. The van der Waals surface area contributed by atoms with E-state index in [4.69, 9.17) is 0 Å². The van der Waals surface area contributed by atoms with Crippen LogP contribution in [0.15, 0.2) is 18.2 Å². The van der Waals surface area contributed by atoms with Crippen LogP contribution in [0.1, 0.15) is 43.0 Å². The normalized spacial score (nSPS) is 14.8. The fourth-order valence-corrected chi connectivity index (χ4v) is 1.86. The third kappa shape index (κ3) is 3.62. The summed E-state index contributed by atoms with van der Waals surface area (Å²) in [5, 5.41) is 12.6. The second-order valence-electron chi connectivity index (χ2n) is 4.60. The molecule has 1 rings (SSSR count). The molecule has 0 amide bonds. The Hall–Kier alpha value is -0.860. The van der Waals surface area contributed by atoms with E-state index >= 15 is 0 Å². The first-order valence-corrected chi connectivity index (χ1v) is 6.00. The topological polar surface area (TPSA) is 32.3 Å². The molecule has 2 heteroatoms. The minimum atomic E-state index is -0.224. The molecule has 1 aromatic carbocycles. The first kappa shape index (κ1) is 13.2. The van der Waals surface area contributed by atoms with Gasteiger partial charge in [-0.05, 0) is 57.4 Å². The van der Waals surface area contributed by atoms with Crippen LogP contribution in [0.2, 0.25) is 0 Å². The third-order valence-electron chi connectivity index (χ3n) is 3.13. The summed E-state index contributed by atoms with van der Waals surface area (Å²) < 4.78 is 0. The summed E-state index contributed by atoms with van der Waals surface area (Å²) >= 11 is 0. The number of nitrogens with one attached hydrogen (secondary N) is 1. The standard InChI is InChI=1S/C14H23NO/c1-10-6-5-7-14(12(10)3)13(4)15-9-8-11(2)16/h5-7,11,13,15-16H,8-9H2,1-4H3/t11-,13+/m0/s1. The molecule has 0 unspecified atom stereocenters. The molecule has 0 radical (unpaired) electrons. The second kappa shape index (κ2) is 6.02. The average Bonchev–Trinajstić information content (AvgIpc) is 2.21. The van der Waals surface area contributed by atoms with Gasteiger partial charge in [-0.2, -0.15) is 0 Å². The second-order valence-corrected chi connectivity index (χ2v) is 4.60. The van der Waals surface area contributed by atoms with Crippen molar-refractivity contribution in [3.05, 3.63) is 34.9 Å². The summed E-state index contributed by atoms with van der Waals surface area (Å²) in [6.07, 6.45) is 0.577. The van der Waals surface area contributed by atoms with E-state index in [0.717, 1.165) is 13.0 Å². The molecule has 0 saturated heterocycles. The molecule has 0 fully saturated rings. The summed E-state index contributed by atoms with van der Waals surface area (Å²) in [5.41, 5.74) is 4.05. The van der Waals surface area contributed by atoms with Crippen molar-refractivity contribution < 1.29 is 5.11 Å². The van der Waals surface area contributed by atoms with Crippen LogP contribution in [0.25, 0.3) is 0 Å². The highest BCUT2D eigenvalue weighted by molar-refractivity contribution is 5.34. The molecule has 0 aliphatic heterocycles. The maximum absolute atomic E-state index is 9.19. The fourth-order valence-electron chi connectivity index (χ4n) is 1.86. The molecule has 1 aromatic rings. The zero-order chi connectivity index (χ0) is 12.1. The fraction of sp³-hybridized carbons (Fsp3) is 0.571. The zero-order valence-corrected chi connectivity index (χ0v) is 10.7. The Bertz CT molecular complexity index is 334. The van der Waals surface area contributed by atoms with Gasteiger partial charge >= 0.3 is 0 Å². The van der Waals surface area contributed by atoms with E-state index in [-0.39, 0.29) is 6.10 Å². The van der Waals surface area contributed by atoms with E-state index in [1.165, 1.54) is 16.7 Å². The lowest BCUT2D eigenvalue weighted by Crippen LogP contribution is -2.23. The molecule has 0 aromatic heterocycles. The van der Waals surface area contributed by atoms with E-state index < -0.39 is 0 Å². The number of hydrogen-bond donors (Lipinski definition) is 2. The van der Waals surface area contributed by atoms with Crippen LogP contribution in [0.5, 0.6) is 0 Å². The number of benzene rings is 1. The van der Waals surface area contributed by atoms with Crippen LogP contribution in [0, 0.1) is 13.8 Å². The monoisotopic (exact) mass is 221 g/mol. The molecule has 2 N–H and O–H groups in total. The van der Waals surface area contributed by atoms with Gasteiger partial charge in [0.25, 0.3) is 0 Å². The molecule has 0 bridgehead atoms. The van der Waals surface area contributed by atoms with Crippen molar-refractivity contribution in [1.82, 2.24) is 5.32 Å². The van der Waals surface area contributed by atoms with Crippen LogP contribution in [-0.4, -0.2) is 17.8 Å². The summed E-state index contributed by atoms with van der Waals surface area (Å²) in [6, 6.07) is 6.76. The predicted molar refractivity (Wildman–Crippen MR) is 68.6 cm³/mol. The van der Waals surface area contributed by atoms with Gasteiger partial charge < -0.3 is 10.4 Å². The molecular formula is C14H23NO. The molecule has 2 atom stereocenters. The highest BCUT2D eigenvalue weighted by Crippen LogP contribution is 2.19. The van der Waals surface area contributed by atoms with Gasteiger partial charge in [0.2, 0.25) is 0 Å². The van der Waals surface area contributed by atoms with Crippen molar-refractivity contribution in [2.24, 2.45) is 0 Å². The molecule has 0 spiro atoms. The smallest absolute Gasteiger partial charge is 0.0524 e. The minimum Gasteiger partial charge on any atom is -0.393 e. The Morgan fingerprint density at radius 1 is 1.25 bits per heavy atom. The molecule has 16 heavy (non-hydrogen) atoms. The maximum atomic E-state index is 9.19. The first-order valence-electron chi connectivity index (χ1n) is 6.00. The first-order chi connectivity index (χ1) is 7.52. The molecule has 0 aliphatic carbocycles. The lowest BCUT2D eigenvalue weighted by molar-refractivity contribution is 0.182. The van der Waals surface area contributed by atoms with E-state index in [1.807, 2.05) is 6.92 Å². The van der Waals surface area contributed by atoms with Crippen LogP contribution in [-0.2, 0) is 0 Å². The number of aryl methyl sites for hydroxylation is 1. The zero-order valence-electron chi connectivity index (χ0n) is 10.7. The summed E-state index contributed by atoms with van der Waals surface area (Å²) in [5.74, 6) is 0. The number of aliphatic hydroxyl groups is 1. The van der Waals surface area contributed by atoms with Crippen molar-refractivity contribution in [3.8, 4) is 0 Å². The quantitative estimate of drug-likeness (QED) is 0.801. The predicted octanol–water partition coefficient (Wildman–Crippen LogP) is 2.72. The van der Waals surface area contributed by atoms with Crippen LogP contribution in [0.3, 0.4) is 0 Å². The molecular weight excluding hydrogens is 198 g/mol. The molecule has 0 aliphatic rings. The number of aliphatic hydroxyl groups excluding tert-OH is 1. The van der Waals surface area contributed by atoms with Crippen LogP contribution >= 0.6 is 0 Å². The van der Waals surface area contributed by atoms with Gasteiger partial charge in [0.05, 0.1) is 6.10 Å². The Kier molecular flexibility index (Phi) is 4.97. The van der Waals surface area contributed by atoms with E-state index in [9.17, 15) is 5.11 Å². The van der Waals surface area contributed by atoms with E-state index in [0.29, 0.717) is 6.04 Å². The Morgan fingerprint density at radius 2 is 1.94 bits per heavy atom. The molecule has 2 nitrogen and oxygen atoms in total. The van der Waals surface area contributed by atoms with Gasteiger partial charge in [-0.15, -0.1) is 0 Å². The van der Waals surface area contributed by atoms with E-state index in [2.05, 4.69) is 44.3 Å². The minimum absolute atomic E-state index is 0.224. The highest BCUT2D eigenvalue weighted by atomic mass is 16.3. The third-order valence-corrected chi connectivity index (χ3v) is 3.13. The van der Waals surface area contributed by atoms with Crippen molar-refractivity contribution in [2.45, 2.75) is 46.3 Å². The summed E-state index contributed by atoms with van der Waals surface area (Å²) in [7, 11) is 0. The van der Waals surface area contributed by atoms with Gasteiger partial charge in [0, 0.05) is 6.04 Å². The van der Waals surface area contributed by atoms with Crippen molar-refractivity contribution in [3.63, 3.8) is 0 Å². The Labute approximate surface area is 98.7 Å². The summed E-state index contributed by atoms with van der Waals surface area (Å²) in [4.78, 5) is 0. The maximum Gasteiger partial charge on any atom is 0.0524 e. The molecule has 0 saturated carbocycles. The van der Waals surface area contributed by atoms with Crippen molar-refractivity contribution >= 4 is 0 Å². The van der Waals surface area contributed by atoms with Crippen LogP contribution in [0.4, 0.5) is 0 Å². The van der Waals surface area contributed by atoms with Crippen molar-refractivity contribution in [2.75, 3.05) is 6.54 Å². The summed E-state index contributed by atoms with van der Waals surface area (Å²) in [6.45, 7) is 9.15. The van der Waals surface area contributed by atoms with E-state index in [1.54, 1.807) is 0 Å². The largest absolute Gasteiger partial charge is 0.393 e. The van der Waals surface area contributed by atoms with Crippen LogP contribution < -0.4 is 5.32 Å². The number of rotatable bonds is 5. The van der Waals surface area contributed by atoms with Gasteiger partial charge in [0.1, 0.15) is 0 Å². The SMILES string of the molecule is Cc1cccc([C@@H](C)NCC[C@H](C)O)c1C. The average molecular weight is 221 g/mol. The molecule has 90 valence electrons. The van der Waals surface area contributed by atoms with Gasteiger partial charge in [-0.3, -0.25) is 0 Å². The van der Waals surface area contributed by atoms with Gasteiger partial charge in [-0.1, -0.05) is 18.2 Å². The Balaban J connectivity index is 2.59. The number of hydrogen-bond acceptors (Lipinski definition) is 2.